The molecule has 0 N–H and O–H groups in total. The topological polar surface area (TPSA) is 9.23 Å². The van der Waals surface area contributed by atoms with Gasteiger partial charge in [0.05, 0.1) is 6.61 Å². The van der Waals surface area contributed by atoms with Crippen LogP contribution in [0, 0.1) is 5.92 Å². The summed E-state index contributed by atoms with van der Waals surface area (Å²) in [6, 6.07) is 0. The van der Waals surface area contributed by atoms with E-state index >= 15 is 0 Å². The number of thiol groups is 1. The van der Waals surface area contributed by atoms with Gasteiger partial charge in [0.2, 0.25) is 0 Å². The van der Waals surface area contributed by atoms with Gasteiger partial charge in [0.15, 0.2) is 0 Å². The quantitative estimate of drug-likeness (QED) is 0.534. The van der Waals surface area contributed by atoms with Crippen LogP contribution in [-0.2, 0) is 4.74 Å². The maximum Gasteiger partial charge on any atom is 0.330 e. The second-order valence-electron chi connectivity index (χ2n) is 2.86. The minimum absolute atomic E-state index is 0.0168. The molecular weight excluding hydrogens is 208 g/mol. The second kappa shape index (κ2) is 5.70. The zero-order valence-corrected chi connectivity index (χ0v) is 8.04. The largest absolute Gasteiger partial charge is 0.375 e. The lowest BCUT2D eigenvalue weighted by Crippen LogP contribution is -2.33. The predicted molar refractivity (Wildman–Crippen MR) is 44.8 cm³/mol. The van der Waals surface area contributed by atoms with Gasteiger partial charge in [-0.2, -0.15) is 21.4 Å². The van der Waals surface area contributed by atoms with Gasteiger partial charge in [0.25, 0.3) is 0 Å². The van der Waals surface area contributed by atoms with Crippen molar-refractivity contribution in [2.45, 2.75) is 19.3 Å². The standard InChI is InChI=1S/C7H12F4OS/c1-5(3-13)2-12-4-7(10,11)6(8)9/h5-6,13H,2-4H2,1H3. The van der Waals surface area contributed by atoms with Crippen molar-refractivity contribution in [3.63, 3.8) is 0 Å². The van der Waals surface area contributed by atoms with Crippen LogP contribution >= 0.6 is 12.6 Å². The number of hydrogen-bond acceptors (Lipinski definition) is 2. The molecule has 0 spiro atoms. The molecule has 0 radical (unpaired) electrons. The van der Waals surface area contributed by atoms with Gasteiger partial charge in [0, 0.05) is 0 Å². The minimum atomic E-state index is -4.05. The van der Waals surface area contributed by atoms with Crippen molar-refractivity contribution < 1.29 is 22.3 Å². The van der Waals surface area contributed by atoms with E-state index in [0.717, 1.165) is 0 Å². The Labute approximate surface area is 79.9 Å². The molecule has 13 heavy (non-hydrogen) atoms. The molecule has 1 unspecified atom stereocenters. The molecule has 0 heterocycles. The summed E-state index contributed by atoms with van der Waals surface area (Å²) >= 11 is 3.89. The summed E-state index contributed by atoms with van der Waals surface area (Å²) in [5.41, 5.74) is 0. The van der Waals surface area contributed by atoms with E-state index in [2.05, 4.69) is 17.4 Å². The third-order valence-corrected chi connectivity index (χ3v) is 1.95. The average molecular weight is 220 g/mol. The molecule has 0 saturated heterocycles. The normalized spacial score (nSPS) is 15.0. The molecule has 80 valence electrons. The maximum absolute atomic E-state index is 12.2. The zero-order chi connectivity index (χ0) is 10.5. The monoisotopic (exact) mass is 220 g/mol. The molecular formula is C7H12F4OS. The van der Waals surface area contributed by atoms with E-state index in [-0.39, 0.29) is 12.5 Å². The summed E-state index contributed by atoms with van der Waals surface area (Å²) in [6.45, 7) is 0.516. The summed E-state index contributed by atoms with van der Waals surface area (Å²) < 4.78 is 52.0. The first kappa shape index (κ1) is 13.0. The molecule has 0 amide bonds. The first-order valence-corrected chi connectivity index (χ1v) is 4.38. The van der Waals surface area contributed by atoms with E-state index in [4.69, 9.17) is 0 Å². The second-order valence-corrected chi connectivity index (χ2v) is 3.23. The van der Waals surface area contributed by atoms with Gasteiger partial charge in [-0.25, -0.2) is 8.78 Å². The highest BCUT2D eigenvalue weighted by atomic mass is 32.1. The SMILES string of the molecule is CC(CS)COCC(F)(F)C(F)F. The van der Waals surface area contributed by atoms with Gasteiger partial charge in [0.1, 0.15) is 6.61 Å². The van der Waals surface area contributed by atoms with Crippen molar-refractivity contribution in [1.29, 1.82) is 0 Å². The van der Waals surface area contributed by atoms with Crippen LogP contribution in [0.15, 0.2) is 0 Å². The third-order valence-electron chi connectivity index (χ3n) is 1.33. The lowest BCUT2D eigenvalue weighted by atomic mass is 10.2. The van der Waals surface area contributed by atoms with Crippen molar-refractivity contribution in [3.8, 4) is 0 Å². The van der Waals surface area contributed by atoms with Crippen LogP contribution in [0.1, 0.15) is 6.92 Å². The van der Waals surface area contributed by atoms with Gasteiger partial charge < -0.3 is 4.74 Å². The van der Waals surface area contributed by atoms with Crippen LogP contribution in [-0.4, -0.2) is 31.3 Å². The molecule has 0 aromatic heterocycles. The zero-order valence-electron chi connectivity index (χ0n) is 7.14. The number of ether oxygens (including phenoxy) is 1. The Hall–Kier alpha value is 0.0300. The first-order chi connectivity index (χ1) is 5.90. The number of alkyl halides is 4. The van der Waals surface area contributed by atoms with Gasteiger partial charge in [-0.15, -0.1) is 0 Å². The number of hydrogen-bond donors (Lipinski definition) is 1. The summed E-state index contributed by atoms with van der Waals surface area (Å²) in [4.78, 5) is 0. The van der Waals surface area contributed by atoms with Gasteiger partial charge >= 0.3 is 12.3 Å². The molecule has 0 saturated carbocycles. The van der Waals surface area contributed by atoms with Gasteiger partial charge in [-0.05, 0) is 11.7 Å². The lowest BCUT2D eigenvalue weighted by Gasteiger charge is -2.16. The van der Waals surface area contributed by atoms with Gasteiger partial charge in [-0.3, -0.25) is 0 Å². The average Bonchev–Trinajstić information content (AvgIpc) is 2.03. The Balaban J connectivity index is 3.63. The molecule has 0 aliphatic heterocycles. The molecule has 1 atom stereocenters. The highest BCUT2D eigenvalue weighted by Crippen LogP contribution is 2.22. The van der Waals surface area contributed by atoms with E-state index in [1.807, 2.05) is 0 Å². The van der Waals surface area contributed by atoms with Crippen molar-refractivity contribution in [1.82, 2.24) is 0 Å². The Bertz CT molecular complexity index is 142. The summed E-state index contributed by atoms with van der Waals surface area (Å²) in [5.74, 6) is -3.59. The Morgan fingerprint density at radius 1 is 1.38 bits per heavy atom. The van der Waals surface area contributed by atoms with Crippen LogP contribution in [0.4, 0.5) is 17.6 Å². The summed E-state index contributed by atoms with van der Waals surface area (Å²) in [6.07, 6.45) is -3.67. The van der Waals surface area contributed by atoms with E-state index in [1.165, 1.54) is 0 Å². The predicted octanol–water partition coefficient (Wildman–Crippen LogP) is 2.47. The van der Waals surface area contributed by atoms with E-state index in [0.29, 0.717) is 5.75 Å². The highest BCUT2D eigenvalue weighted by molar-refractivity contribution is 7.80. The van der Waals surface area contributed by atoms with Crippen LogP contribution in [0.2, 0.25) is 0 Å². The molecule has 0 aromatic carbocycles. The van der Waals surface area contributed by atoms with E-state index in [1.54, 1.807) is 6.92 Å². The Morgan fingerprint density at radius 2 is 1.92 bits per heavy atom. The molecule has 1 nitrogen and oxygen atoms in total. The fourth-order valence-corrected chi connectivity index (χ4v) is 0.617. The maximum atomic E-state index is 12.2. The van der Waals surface area contributed by atoms with Crippen molar-refractivity contribution in [3.05, 3.63) is 0 Å². The van der Waals surface area contributed by atoms with Crippen LogP contribution < -0.4 is 0 Å². The molecule has 0 bridgehead atoms. The molecule has 0 aliphatic rings. The number of halogens is 4. The van der Waals surface area contributed by atoms with Crippen molar-refractivity contribution in [2.75, 3.05) is 19.0 Å². The van der Waals surface area contributed by atoms with Crippen molar-refractivity contribution in [2.24, 2.45) is 5.92 Å². The molecule has 0 fully saturated rings. The molecule has 0 aliphatic carbocycles. The molecule has 0 aromatic rings. The summed E-state index contributed by atoms with van der Waals surface area (Å²) in [5, 5.41) is 0. The Morgan fingerprint density at radius 3 is 2.31 bits per heavy atom. The Kier molecular flexibility index (Phi) is 5.71. The first-order valence-electron chi connectivity index (χ1n) is 3.74. The van der Waals surface area contributed by atoms with Crippen molar-refractivity contribution >= 4 is 12.6 Å². The molecule has 0 rings (SSSR count). The minimum Gasteiger partial charge on any atom is -0.375 e. The van der Waals surface area contributed by atoms with Crippen LogP contribution in [0.25, 0.3) is 0 Å². The lowest BCUT2D eigenvalue weighted by molar-refractivity contribution is -0.167. The van der Waals surface area contributed by atoms with Gasteiger partial charge in [-0.1, -0.05) is 6.92 Å². The van der Waals surface area contributed by atoms with Crippen LogP contribution in [0.3, 0.4) is 0 Å². The highest BCUT2D eigenvalue weighted by Gasteiger charge is 2.40. The van der Waals surface area contributed by atoms with E-state index in [9.17, 15) is 17.6 Å². The third kappa shape index (κ3) is 5.36. The van der Waals surface area contributed by atoms with E-state index < -0.39 is 19.0 Å². The fourth-order valence-electron chi connectivity index (χ4n) is 0.512. The fraction of sp³-hybridized carbons (Fsp3) is 1.00. The smallest absolute Gasteiger partial charge is 0.330 e. The summed E-state index contributed by atoms with van der Waals surface area (Å²) in [7, 11) is 0. The number of rotatable bonds is 6. The van der Waals surface area contributed by atoms with Crippen LogP contribution in [0.5, 0.6) is 0 Å². The molecule has 6 heteroatoms.